The molecule has 0 bridgehead atoms. The number of carbonyl (C=O) groups is 2. The highest BCUT2D eigenvalue weighted by molar-refractivity contribution is 6.90. The standard InChI is InChI=1S/C24H36N4O2Si/c1-5-7-19-25-23(29)27(21-15-11-9-12-16-21)31(3,4)28(22-17-13-10-14-18-22)24(30)26-20-8-6-2/h9-18H,5-8,19-20H2,1-4H3,(H,25,29)(H,26,30). The van der Waals surface area contributed by atoms with Crippen LogP contribution in [0.5, 0.6) is 0 Å². The number of amides is 4. The summed E-state index contributed by atoms with van der Waals surface area (Å²) in [6, 6.07) is 18.9. The normalized spacial score (nSPS) is 11.0. The van der Waals surface area contributed by atoms with Gasteiger partial charge in [0.15, 0.2) is 0 Å². The number of anilines is 2. The third-order valence-corrected chi connectivity index (χ3v) is 8.25. The number of rotatable bonds is 10. The number of nitrogens with one attached hydrogen (secondary N) is 2. The van der Waals surface area contributed by atoms with Crippen LogP contribution >= 0.6 is 0 Å². The molecule has 0 aliphatic rings. The van der Waals surface area contributed by atoms with Crippen molar-refractivity contribution in [2.45, 2.75) is 52.6 Å². The number of hydrogen-bond acceptors (Lipinski definition) is 2. The Hall–Kier alpha value is -2.80. The van der Waals surface area contributed by atoms with Gasteiger partial charge in [0.2, 0.25) is 0 Å². The molecule has 4 amide bonds. The lowest BCUT2D eigenvalue weighted by Gasteiger charge is -2.44. The van der Waals surface area contributed by atoms with Gasteiger partial charge in [0.05, 0.1) is 0 Å². The van der Waals surface area contributed by atoms with E-state index >= 15 is 0 Å². The summed E-state index contributed by atoms with van der Waals surface area (Å²) in [7, 11) is -2.85. The number of benzene rings is 2. The summed E-state index contributed by atoms with van der Waals surface area (Å²) >= 11 is 0. The summed E-state index contributed by atoms with van der Waals surface area (Å²) in [5.41, 5.74) is 1.57. The summed E-state index contributed by atoms with van der Waals surface area (Å²) in [4.78, 5) is 26.8. The molecule has 2 N–H and O–H groups in total. The van der Waals surface area contributed by atoms with E-state index in [1.54, 1.807) is 9.13 Å². The molecule has 0 aliphatic carbocycles. The van der Waals surface area contributed by atoms with Crippen LogP contribution in [0, 0.1) is 0 Å². The molecule has 0 radical (unpaired) electrons. The average Bonchev–Trinajstić information content (AvgIpc) is 2.75. The van der Waals surface area contributed by atoms with Crippen molar-refractivity contribution in [1.29, 1.82) is 0 Å². The maximum absolute atomic E-state index is 13.4. The van der Waals surface area contributed by atoms with Crippen molar-refractivity contribution >= 4 is 31.8 Å². The zero-order valence-electron chi connectivity index (χ0n) is 19.2. The Labute approximate surface area is 187 Å². The van der Waals surface area contributed by atoms with Gasteiger partial charge in [0.1, 0.15) is 0 Å². The lowest BCUT2D eigenvalue weighted by molar-refractivity contribution is 0.248. The number of urea groups is 2. The molecule has 0 atom stereocenters. The second-order valence-electron chi connectivity index (χ2n) is 8.01. The summed E-state index contributed by atoms with van der Waals surface area (Å²) in [5, 5.41) is 6.10. The number of nitrogens with zero attached hydrogens (tertiary/aromatic N) is 2. The first kappa shape index (κ1) is 24.5. The lowest BCUT2D eigenvalue weighted by atomic mass is 10.3. The zero-order chi connectivity index (χ0) is 22.7. The molecule has 31 heavy (non-hydrogen) atoms. The van der Waals surface area contributed by atoms with Crippen LogP contribution < -0.4 is 19.8 Å². The fourth-order valence-electron chi connectivity index (χ4n) is 3.52. The van der Waals surface area contributed by atoms with Crippen LogP contribution in [-0.2, 0) is 0 Å². The van der Waals surface area contributed by atoms with Crippen molar-refractivity contribution in [3.8, 4) is 0 Å². The van der Waals surface area contributed by atoms with Crippen LogP contribution in [0.25, 0.3) is 0 Å². The van der Waals surface area contributed by atoms with Crippen molar-refractivity contribution in [3.05, 3.63) is 60.7 Å². The Morgan fingerprint density at radius 1 is 0.710 bits per heavy atom. The van der Waals surface area contributed by atoms with Crippen molar-refractivity contribution in [1.82, 2.24) is 10.6 Å². The Morgan fingerprint density at radius 3 is 1.39 bits per heavy atom. The molecule has 2 rings (SSSR count). The van der Waals surface area contributed by atoms with E-state index in [1.807, 2.05) is 73.8 Å². The average molecular weight is 441 g/mol. The molecule has 0 aromatic heterocycles. The maximum atomic E-state index is 13.4. The minimum absolute atomic E-state index is 0.168. The Balaban J connectivity index is 2.47. The molecule has 0 spiro atoms. The molecule has 168 valence electrons. The van der Waals surface area contributed by atoms with Crippen LogP contribution in [0.1, 0.15) is 39.5 Å². The number of carbonyl (C=O) groups excluding carboxylic acids is 2. The number of para-hydroxylation sites is 2. The van der Waals surface area contributed by atoms with Crippen LogP contribution in [0.2, 0.25) is 13.1 Å². The highest BCUT2D eigenvalue weighted by atomic mass is 28.3. The monoisotopic (exact) mass is 440 g/mol. The predicted octanol–water partition coefficient (Wildman–Crippen LogP) is 5.72. The molecule has 0 saturated heterocycles. The predicted molar refractivity (Wildman–Crippen MR) is 132 cm³/mol. The summed E-state index contributed by atoms with van der Waals surface area (Å²) < 4.78 is 3.60. The van der Waals surface area contributed by atoms with Gasteiger partial charge >= 0.3 is 12.1 Å². The topological polar surface area (TPSA) is 64.7 Å². The molecule has 0 unspecified atom stereocenters. The van der Waals surface area contributed by atoms with Crippen molar-refractivity contribution in [2.24, 2.45) is 0 Å². The Bertz CT molecular complexity index is 747. The SMILES string of the molecule is CCCCNC(=O)N(c1ccccc1)[Si](C)(C)N(C(=O)NCCCC)c1ccccc1. The van der Waals surface area contributed by atoms with Gasteiger partial charge in [0, 0.05) is 24.5 Å². The Kier molecular flexibility index (Phi) is 9.59. The van der Waals surface area contributed by atoms with Crippen molar-refractivity contribution in [2.75, 3.05) is 22.2 Å². The molecule has 0 heterocycles. The third kappa shape index (κ3) is 6.59. The van der Waals surface area contributed by atoms with E-state index in [0.717, 1.165) is 37.1 Å². The third-order valence-electron chi connectivity index (χ3n) is 5.14. The van der Waals surface area contributed by atoms with E-state index < -0.39 is 8.40 Å². The second-order valence-corrected chi connectivity index (χ2v) is 11.9. The molecule has 7 heteroatoms. The van der Waals surface area contributed by atoms with Gasteiger partial charge in [-0.1, -0.05) is 63.1 Å². The number of hydrogen-bond donors (Lipinski definition) is 2. The van der Waals surface area contributed by atoms with Crippen LogP contribution in [0.3, 0.4) is 0 Å². The van der Waals surface area contributed by atoms with Gasteiger partial charge in [-0.3, -0.25) is 0 Å². The van der Waals surface area contributed by atoms with Gasteiger partial charge in [0.25, 0.3) is 8.40 Å². The van der Waals surface area contributed by atoms with Crippen LogP contribution in [0.15, 0.2) is 60.7 Å². The van der Waals surface area contributed by atoms with E-state index in [0.29, 0.717) is 13.1 Å². The van der Waals surface area contributed by atoms with Crippen LogP contribution in [-0.4, -0.2) is 33.5 Å². The first-order valence-corrected chi connectivity index (χ1v) is 14.1. The van der Waals surface area contributed by atoms with E-state index in [1.165, 1.54) is 0 Å². The lowest BCUT2D eigenvalue weighted by Crippen LogP contribution is -2.69. The molecular weight excluding hydrogens is 404 g/mol. The molecule has 2 aromatic rings. The van der Waals surface area contributed by atoms with Gasteiger partial charge in [-0.05, 0) is 50.2 Å². The van der Waals surface area contributed by atoms with Crippen LogP contribution in [0.4, 0.5) is 21.0 Å². The summed E-state index contributed by atoms with van der Waals surface area (Å²) in [6.45, 7) is 9.47. The van der Waals surface area contributed by atoms with E-state index in [-0.39, 0.29) is 12.1 Å². The van der Waals surface area contributed by atoms with Gasteiger partial charge in [-0.2, -0.15) is 0 Å². The molecule has 2 aromatic carbocycles. The first-order chi connectivity index (χ1) is 14.9. The fraction of sp³-hybridized carbons (Fsp3) is 0.417. The van der Waals surface area contributed by atoms with Gasteiger partial charge in [-0.15, -0.1) is 0 Å². The molecular formula is C24H36N4O2Si. The molecule has 0 fully saturated rings. The zero-order valence-corrected chi connectivity index (χ0v) is 20.2. The highest BCUT2D eigenvalue weighted by Crippen LogP contribution is 2.29. The van der Waals surface area contributed by atoms with Crippen molar-refractivity contribution < 1.29 is 9.59 Å². The van der Waals surface area contributed by atoms with E-state index in [2.05, 4.69) is 24.5 Å². The van der Waals surface area contributed by atoms with Gasteiger partial charge in [-0.25, -0.2) is 9.59 Å². The van der Waals surface area contributed by atoms with E-state index in [4.69, 9.17) is 0 Å². The number of unbranched alkanes of at least 4 members (excludes halogenated alkanes) is 2. The Morgan fingerprint density at radius 2 is 1.06 bits per heavy atom. The summed E-state index contributed by atoms with van der Waals surface area (Å²) in [5.74, 6) is 0. The molecule has 0 saturated carbocycles. The first-order valence-electron chi connectivity index (χ1n) is 11.2. The van der Waals surface area contributed by atoms with Gasteiger partial charge < -0.3 is 19.8 Å². The quantitative estimate of drug-likeness (QED) is 0.366. The smallest absolute Gasteiger partial charge is 0.315 e. The minimum atomic E-state index is -2.85. The molecule has 0 aliphatic heterocycles. The highest BCUT2D eigenvalue weighted by Gasteiger charge is 2.44. The van der Waals surface area contributed by atoms with E-state index in [9.17, 15) is 9.59 Å². The summed E-state index contributed by atoms with van der Waals surface area (Å²) in [6.07, 6.45) is 3.83. The fourth-order valence-corrected chi connectivity index (χ4v) is 6.43. The largest absolute Gasteiger partial charge is 0.338 e. The molecule has 6 nitrogen and oxygen atoms in total. The maximum Gasteiger partial charge on any atom is 0.315 e. The minimum Gasteiger partial charge on any atom is -0.338 e. The second kappa shape index (κ2) is 12.1. The van der Waals surface area contributed by atoms with Crippen molar-refractivity contribution in [3.63, 3.8) is 0 Å².